The maximum atomic E-state index is 11.9. The second-order valence-electron chi connectivity index (χ2n) is 8.39. The normalized spacial score (nSPS) is 22.4. The predicted molar refractivity (Wildman–Crippen MR) is 148 cm³/mol. The summed E-state index contributed by atoms with van der Waals surface area (Å²) in [7, 11) is 1.63. The summed E-state index contributed by atoms with van der Waals surface area (Å²) in [4.78, 5) is 23.8. The number of hydrogen-bond acceptors (Lipinski definition) is 6. The Morgan fingerprint density at radius 2 is 1.49 bits per heavy atom. The highest BCUT2D eigenvalue weighted by molar-refractivity contribution is 6.31. The topological polar surface area (TPSA) is 71.1 Å². The molecule has 0 amide bonds. The van der Waals surface area contributed by atoms with Gasteiger partial charge in [-0.15, -0.1) is 0 Å². The number of hydrogen-bond donors (Lipinski definition) is 0. The van der Waals surface area contributed by atoms with Crippen molar-refractivity contribution < 1.29 is 28.5 Å². The van der Waals surface area contributed by atoms with Gasteiger partial charge in [0.25, 0.3) is 0 Å². The van der Waals surface area contributed by atoms with Crippen molar-refractivity contribution in [3.05, 3.63) is 64.2 Å². The first-order valence-corrected chi connectivity index (χ1v) is 13.5. The van der Waals surface area contributed by atoms with Gasteiger partial charge in [0.1, 0.15) is 18.0 Å². The maximum Gasteiger partial charge on any atom is 0.303 e. The second-order valence-corrected chi connectivity index (χ2v) is 8.79. The average Bonchev–Trinajstić information content (AvgIpc) is 2.90. The summed E-state index contributed by atoms with van der Waals surface area (Å²) in [6.07, 6.45) is -0.787. The van der Waals surface area contributed by atoms with Crippen molar-refractivity contribution in [3.8, 4) is 5.75 Å². The molecule has 0 spiro atoms. The molecule has 6 nitrogen and oxygen atoms in total. The molecule has 3 rings (SSSR count). The van der Waals surface area contributed by atoms with E-state index in [4.69, 9.17) is 30.5 Å². The van der Waals surface area contributed by atoms with Crippen molar-refractivity contribution >= 4 is 23.5 Å². The van der Waals surface area contributed by atoms with Crippen LogP contribution in [-0.2, 0) is 30.2 Å². The van der Waals surface area contributed by atoms with E-state index in [2.05, 4.69) is 0 Å². The van der Waals surface area contributed by atoms with Crippen LogP contribution < -0.4 is 4.74 Å². The van der Waals surface area contributed by atoms with Crippen molar-refractivity contribution in [2.24, 2.45) is 5.92 Å². The fourth-order valence-electron chi connectivity index (χ4n) is 4.37. The number of methoxy groups -OCH3 is 1. The molecule has 37 heavy (non-hydrogen) atoms. The van der Waals surface area contributed by atoms with E-state index in [1.54, 1.807) is 7.11 Å². The van der Waals surface area contributed by atoms with E-state index in [9.17, 15) is 9.59 Å². The number of rotatable bonds is 7. The molecule has 0 radical (unpaired) electrons. The number of halogens is 1. The minimum atomic E-state index is -0.765. The summed E-state index contributed by atoms with van der Waals surface area (Å²) in [6, 6.07) is 13.5. The van der Waals surface area contributed by atoms with Crippen LogP contribution in [0.5, 0.6) is 5.75 Å². The Balaban J connectivity index is 0.00000163. The van der Waals surface area contributed by atoms with Gasteiger partial charge in [-0.2, -0.15) is 0 Å². The molecule has 0 bridgehead atoms. The number of benzene rings is 2. The fourth-order valence-corrected chi connectivity index (χ4v) is 4.55. The standard InChI is InChI=1S/C26H31ClO6.2C2H6/c1-6-23-15(2)24(31-16(3)28)26(32-17(4)29)25(33-23)19-9-12-22(27)20(14-19)13-18-7-10-21(30-5)11-8-18;2*1-2/h7-12,14-15,23-26H,6,13H2,1-5H3;2*1-2H3/t15-,23?,24?,25?,26-;;/m1../s1. The van der Waals surface area contributed by atoms with E-state index in [0.717, 1.165) is 28.9 Å². The molecular weight excluding hydrogens is 492 g/mol. The number of esters is 2. The lowest BCUT2D eigenvalue weighted by Gasteiger charge is -2.44. The molecule has 5 atom stereocenters. The lowest BCUT2D eigenvalue weighted by molar-refractivity contribution is -0.225. The van der Waals surface area contributed by atoms with E-state index in [1.165, 1.54) is 13.8 Å². The van der Waals surface area contributed by atoms with Crippen LogP contribution in [0.2, 0.25) is 5.02 Å². The minimum Gasteiger partial charge on any atom is -0.497 e. The van der Waals surface area contributed by atoms with Gasteiger partial charge in [-0.1, -0.05) is 77.4 Å². The smallest absolute Gasteiger partial charge is 0.303 e. The monoisotopic (exact) mass is 534 g/mol. The largest absolute Gasteiger partial charge is 0.497 e. The molecule has 206 valence electrons. The van der Waals surface area contributed by atoms with Crippen LogP contribution in [0.25, 0.3) is 0 Å². The molecule has 0 N–H and O–H groups in total. The van der Waals surface area contributed by atoms with Crippen LogP contribution in [0.1, 0.15) is 84.6 Å². The van der Waals surface area contributed by atoms with E-state index in [-0.39, 0.29) is 12.0 Å². The van der Waals surface area contributed by atoms with Crippen LogP contribution in [-0.4, -0.2) is 37.4 Å². The Bertz CT molecular complexity index is 975. The molecule has 7 heteroatoms. The van der Waals surface area contributed by atoms with Gasteiger partial charge >= 0.3 is 11.9 Å². The summed E-state index contributed by atoms with van der Waals surface area (Å²) in [5.74, 6) is -0.226. The first-order chi connectivity index (χ1) is 17.7. The molecule has 0 aliphatic carbocycles. The summed E-state index contributed by atoms with van der Waals surface area (Å²) in [5, 5.41) is 0.631. The first-order valence-electron chi connectivity index (χ1n) is 13.1. The third kappa shape index (κ3) is 9.04. The molecule has 2 aromatic carbocycles. The van der Waals surface area contributed by atoms with Gasteiger partial charge in [0, 0.05) is 24.8 Å². The highest BCUT2D eigenvalue weighted by atomic mass is 35.5. The first kappa shape index (κ1) is 32.5. The zero-order chi connectivity index (χ0) is 28.1. The van der Waals surface area contributed by atoms with E-state index < -0.39 is 30.3 Å². The lowest BCUT2D eigenvalue weighted by Crippen LogP contribution is -2.52. The number of carbonyl (C=O) groups is 2. The van der Waals surface area contributed by atoms with Crippen molar-refractivity contribution in [1.29, 1.82) is 0 Å². The maximum absolute atomic E-state index is 11.9. The molecule has 1 heterocycles. The van der Waals surface area contributed by atoms with Gasteiger partial charge in [-0.25, -0.2) is 0 Å². The molecule has 0 aromatic heterocycles. The molecule has 1 aliphatic heterocycles. The van der Waals surface area contributed by atoms with Gasteiger partial charge in [0.2, 0.25) is 0 Å². The Labute approximate surface area is 227 Å². The average molecular weight is 535 g/mol. The van der Waals surface area contributed by atoms with Crippen LogP contribution in [0.3, 0.4) is 0 Å². The molecule has 1 aliphatic rings. The lowest BCUT2D eigenvalue weighted by atomic mass is 9.84. The number of carbonyl (C=O) groups excluding carboxylic acids is 2. The molecular formula is C30H43ClO6. The Kier molecular flexibility index (Phi) is 14.3. The van der Waals surface area contributed by atoms with Crippen molar-refractivity contribution in [2.75, 3.05) is 7.11 Å². The molecule has 0 saturated carbocycles. The SMILES string of the molecule is CC.CC.CCC1OC(c2ccc(Cl)c(Cc3ccc(OC)cc3)c2)[C@H](OC(C)=O)C(OC(C)=O)[C@@H]1C. The van der Waals surface area contributed by atoms with Gasteiger partial charge < -0.3 is 18.9 Å². The Morgan fingerprint density at radius 3 is 2.00 bits per heavy atom. The van der Waals surface area contributed by atoms with Crippen molar-refractivity contribution in [2.45, 2.75) is 92.6 Å². The fraction of sp³-hybridized carbons (Fsp3) is 0.533. The highest BCUT2D eigenvalue weighted by Crippen LogP contribution is 2.40. The summed E-state index contributed by atoms with van der Waals surface area (Å²) < 4.78 is 22.9. The van der Waals surface area contributed by atoms with Gasteiger partial charge in [-0.05, 0) is 47.7 Å². The van der Waals surface area contributed by atoms with Crippen molar-refractivity contribution in [3.63, 3.8) is 0 Å². The van der Waals surface area contributed by atoms with E-state index in [1.807, 2.05) is 84.0 Å². The molecule has 1 fully saturated rings. The summed E-state index contributed by atoms with van der Waals surface area (Å²) in [5.41, 5.74) is 2.81. The summed E-state index contributed by atoms with van der Waals surface area (Å²) in [6.45, 7) is 14.7. The predicted octanol–water partition coefficient (Wildman–Crippen LogP) is 7.34. The van der Waals surface area contributed by atoms with Gasteiger partial charge in [0.05, 0.1) is 13.2 Å². The second kappa shape index (κ2) is 16.3. The third-order valence-electron chi connectivity index (χ3n) is 6.01. The minimum absolute atomic E-state index is 0.134. The quantitative estimate of drug-likeness (QED) is 0.346. The summed E-state index contributed by atoms with van der Waals surface area (Å²) >= 11 is 6.52. The third-order valence-corrected chi connectivity index (χ3v) is 6.38. The van der Waals surface area contributed by atoms with E-state index in [0.29, 0.717) is 11.4 Å². The van der Waals surface area contributed by atoms with Gasteiger partial charge in [0.15, 0.2) is 6.10 Å². The molecule has 3 unspecified atom stereocenters. The van der Waals surface area contributed by atoms with Crippen LogP contribution in [0.15, 0.2) is 42.5 Å². The van der Waals surface area contributed by atoms with Crippen LogP contribution in [0, 0.1) is 5.92 Å². The molecule has 2 aromatic rings. The van der Waals surface area contributed by atoms with Gasteiger partial charge in [-0.3, -0.25) is 9.59 Å². The zero-order valence-electron chi connectivity index (χ0n) is 23.7. The molecule has 1 saturated heterocycles. The van der Waals surface area contributed by atoms with Crippen molar-refractivity contribution in [1.82, 2.24) is 0 Å². The van der Waals surface area contributed by atoms with E-state index >= 15 is 0 Å². The Morgan fingerprint density at radius 1 is 0.919 bits per heavy atom. The highest BCUT2D eigenvalue weighted by Gasteiger charge is 2.47. The Hall–Kier alpha value is -2.57. The zero-order valence-corrected chi connectivity index (χ0v) is 24.4. The van der Waals surface area contributed by atoms with Crippen LogP contribution in [0.4, 0.5) is 0 Å². The van der Waals surface area contributed by atoms with Crippen LogP contribution >= 0.6 is 11.6 Å². The number of ether oxygens (including phenoxy) is 4.